The average Bonchev–Trinajstić information content (AvgIpc) is 2.75. The monoisotopic (exact) mass is 378 g/mol. The fourth-order valence-electron chi connectivity index (χ4n) is 1.54. The van der Waals surface area contributed by atoms with Gasteiger partial charge >= 0.3 is 0 Å². The van der Waals surface area contributed by atoms with E-state index in [1.54, 1.807) is 24.5 Å². The predicted molar refractivity (Wildman–Crippen MR) is 75.7 cm³/mol. The molecule has 1 aromatic heterocycles. The van der Waals surface area contributed by atoms with E-state index in [1.165, 1.54) is 12.1 Å². The Bertz CT molecular complexity index is 527. The highest BCUT2D eigenvalue weighted by Gasteiger charge is 2.17. The van der Waals surface area contributed by atoms with Gasteiger partial charge in [-0.25, -0.2) is 4.39 Å². The number of alkyl halides is 1. The number of halogens is 3. The maximum Gasteiger partial charge on any atom is 0.123 e. The molecule has 1 atom stereocenters. The van der Waals surface area contributed by atoms with Gasteiger partial charge in [-0.3, -0.25) is 0 Å². The van der Waals surface area contributed by atoms with E-state index < -0.39 is 0 Å². The Labute approximate surface area is 120 Å². The van der Waals surface area contributed by atoms with Gasteiger partial charge in [0.05, 0.1) is 15.7 Å². The first-order valence-corrected chi connectivity index (χ1v) is 7.42. The minimum absolute atomic E-state index is 0.0734. The summed E-state index contributed by atoms with van der Waals surface area (Å²) < 4.78 is 19.6. The number of benzene rings is 1. The van der Waals surface area contributed by atoms with Crippen LogP contribution in [0, 0.1) is 5.82 Å². The van der Waals surface area contributed by atoms with Gasteiger partial charge in [0.1, 0.15) is 11.6 Å². The van der Waals surface area contributed by atoms with Crippen LogP contribution in [0.4, 0.5) is 4.39 Å². The van der Waals surface area contributed by atoms with Crippen molar-refractivity contribution in [3.05, 3.63) is 50.4 Å². The molecule has 0 fully saturated rings. The van der Waals surface area contributed by atoms with Crippen molar-refractivity contribution in [3.8, 4) is 5.75 Å². The van der Waals surface area contributed by atoms with Crippen molar-refractivity contribution in [2.45, 2.75) is 4.83 Å². The van der Waals surface area contributed by atoms with Crippen molar-refractivity contribution in [1.29, 1.82) is 0 Å². The molecule has 1 unspecified atom stereocenters. The second-order valence-corrected chi connectivity index (χ2v) is 6.64. The van der Waals surface area contributed by atoms with Crippen LogP contribution in [-0.2, 0) is 0 Å². The van der Waals surface area contributed by atoms with Crippen LogP contribution in [0.1, 0.15) is 16.0 Å². The van der Waals surface area contributed by atoms with Crippen molar-refractivity contribution < 1.29 is 9.13 Å². The third-order valence-electron chi connectivity index (χ3n) is 2.35. The molecule has 0 aliphatic rings. The highest BCUT2D eigenvalue weighted by atomic mass is 79.9. The molecule has 0 bridgehead atoms. The predicted octanol–water partition coefficient (Wildman–Crippen LogP) is 5.14. The standard InChI is InChI=1S/C12H9Br2FOS/c1-16-10-3-2-8(15)5-9(10)12(14)7-4-11(13)17-6-7/h2-6,12H,1H3. The topological polar surface area (TPSA) is 9.23 Å². The first-order valence-electron chi connectivity index (χ1n) is 4.83. The zero-order valence-electron chi connectivity index (χ0n) is 8.91. The number of methoxy groups -OCH3 is 1. The summed E-state index contributed by atoms with van der Waals surface area (Å²) >= 11 is 8.58. The number of thiophene rings is 1. The van der Waals surface area contributed by atoms with Crippen LogP contribution in [-0.4, -0.2) is 7.11 Å². The molecule has 2 aromatic rings. The lowest BCUT2D eigenvalue weighted by Gasteiger charge is -2.13. The Morgan fingerprint density at radius 3 is 2.71 bits per heavy atom. The van der Waals surface area contributed by atoms with Gasteiger partial charge in [0.25, 0.3) is 0 Å². The molecule has 90 valence electrons. The summed E-state index contributed by atoms with van der Waals surface area (Å²) in [6.45, 7) is 0. The lowest BCUT2D eigenvalue weighted by molar-refractivity contribution is 0.409. The van der Waals surface area contributed by atoms with E-state index >= 15 is 0 Å². The van der Waals surface area contributed by atoms with E-state index in [4.69, 9.17) is 4.74 Å². The van der Waals surface area contributed by atoms with E-state index in [0.29, 0.717) is 5.75 Å². The highest BCUT2D eigenvalue weighted by molar-refractivity contribution is 9.11. The lowest BCUT2D eigenvalue weighted by Crippen LogP contribution is -1.96. The average molecular weight is 380 g/mol. The molecule has 17 heavy (non-hydrogen) atoms. The zero-order chi connectivity index (χ0) is 12.4. The van der Waals surface area contributed by atoms with Crippen LogP contribution in [0.25, 0.3) is 0 Å². The summed E-state index contributed by atoms with van der Waals surface area (Å²) in [5.74, 6) is 0.412. The third kappa shape index (κ3) is 2.89. The van der Waals surface area contributed by atoms with Gasteiger partial charge < -0.3 is 4.74 Å². The van der Waals surface area contributed by atoms with Crippen LogP contribution in [0.15, 0.2) is 33.4 Å². The number of ether oxygens (including phenoxy) is 1. The fourth-order valence-corrected chi connectivity index (χ4v) is 3.54. The molecular weight excluding hydrogens is 371 g/mol. The fraction of sp³-hybridized carbons (Fsp3) is 0.167. The Balaban J connectivity index is 2.42. The number of rotatable bonds is 3. The van der Waals surface area contributed by atoms with Crippen molar-refractivity contribution in [2.24, 2.45) is 0 Å². The molecule has 0 spiro atoms. The molecule has 0 amide bonds. The van der Waals surface area contributed by atoms with Gasteiger partial charge in [-0.1, -0.05) is 15.9 Å². The minimum atomic E-state index is -0.264. The first-order chi connectivity index (χ1) is 8.11. The van der Waals surface area contributed by atoms with E-state index in [0.717, 1.165) is 14.9 Å². The van der Waals surface area contributed by atoms with Crippen molar-refractivity contribution in [2.75, 3.05) is 7.11 Å². The van der Waals surface area contributed by atoms with E-state index in [-0.39, 0.29) is 10.6 Å². The van der Waals surface area contributed by atoms with Gasteiger partial charge in [0.2, 0.25) is 0 Å². The summed E-state index contributed by atoms with van der Waals surface area (Å²) in [7, 11) is 1.58. The van der Waals surface area contributed by atoms with Gasteiger partial charge in [-0.05, 0) is 51.1 Å². The second-order valence-electron chi connectivity index (χ2n) is 3.43. The summed E-state index contributed by atoms with van der Waals surface area (Å²) in [6, 6.07) is 6.53. The van der Waals surface area contributed by atoms with Crippen LogP contribution in [0.3, 0.4) is 0 Å². The summed E-state index contributed by atoms with van der Waals surface area (Å²) in [5, 5.41) is 2.02. The number of hydrogen-bond acceptors (Lipinski definition) is 2. The summed E-state index contributed by atoms with van der Waals surface area (Å²) in [6.07, 6.45) is 0. The van der Waals surface area contributed by atoms with Crippen molar-refractivity contribution in [3.63, 3.8) is 0 Å². The smallest absolute Gasteiger partial charge is 0.123 e. The van der Waals surface area contributed by atoms with Crippen LogP contribution in [0.2, 0.25) is 0 Å². The SMILES string of the molecule is COc1ccc(F)cc1C(Br)c1csc(Br)c1. The molecule has 0 aliphatic carbocycles. The zero-order valence-corrected chi connectivity index (χ0v) is 12.9. The molecule has 1 nitrogen and oxygen atoms in total. The Morgan fingerprint density at radius 1 is 1.35 bits per heavy atom. The normalized spacial score (nSPS) is 12.5. The van der Waals surface area contributed by atoms with Crippen LogP contribution >= 0.6 is 43.2 Å². The maximum absolute atomic E-state index is 13.3. The van der Waals surface area contributed by atoms with E-state index in [2.05, 4.69) is 31.9 Å². The highest BCUT2D eigenvalue weighted by Crippen LogP contribution is 2.39. The van der Waals surface area contributed by atoms with E-state index in [9.17, 15) is 4.39 Å². The van der Waals surface area contributed by atoms with Crippen molar-refractivity contribution in [1.82, 2.24) is 0 Å². The Kier molecular flexibility index (Phi) is 4.22. The van der Waals surface area contributed by atoms with Gasteiger partial charge in [0, 0.05) is 5.56 Å². The molecule has 2 rings (SSSR count). The molecule has 0 N–H and O–H groups in total. The van der Waals surface area contributed by atoms with Gasteiger partial charge in [-0.2, -0.15) is 0 Å². The van der Waals surface area contributed by atoms with Crippen molar-refractivity contribution >= 4 is 43.2 Å². The number of hydrogen-bond donors (Lipinski definition) is 0. The Hall–Kier alpha value is -0.390. The Morgan fingerprint density at radius 2 is 2.12 bits per heavy atom. The van der Waals surface area contributed by atoms with Gasteiger partial charge in [-0.15, -0.1) is 11.3 Å². The largest absolute Gasteiger partial charge is 0.496 e. The molecule has 1 aromatic carbocycles. The molecule has 0 aliphatic heterocycles. The molecule has 0 saturated heterocycles. The molecule has 0 saturated carbocycles. The van der Waals surface area contributed by atoms with Gasteiger partial charge in [0.15, 0.2) is 0 Å². The molecule has 5 heteroatoms. The molecule has 1 heterocycles. The summed E-state index contributed by atoms with van der Waals surface area (Å²) in [5.41, 5.74) is 1.86. The quantitative estimate of drug-likeness (QED) is 0.670. The third-order valence-corrected chi connectivity index (χ3v) is 4.89. The molecule has 0 radical (unpaired) electrons. The maximum atomic E-state index is 13.3. The lowest BCUT2D eigenvalue weighted by atomic mass is 10.1. The van der Waals surface area contributed by atoms with E-state index in [1.807, 2.05) is 11.4 Å². The summed E-state index contributed by atoms with van der Waals surface area (Å²) in [4.78, 5) is -0.0734. The first kappa shape index (κ1) is 13.1. The molecular formula is C12H9Br2FOS. The minimum Gasteiger partial charge on any atom is -0.496 e. The van der Waals surface area contributed by atoms with Crippen LogP contribution < -0.4 is 4.74 Å². The second kappa shape index (κ2) is 5.50. The van der Waals surface area contributed by atoms with Crippen LogP contribution in [0.5, 0.6) is 5.75 Å².